The van der Waals surface area contributed by atoms with Crippen molar-refractivity contribution in [2.24, 2.45) is 0 Å². The van der Waals surface area contributed by atoms with Crippen LogP contribution < -0.4 is 4.90 Å². The van der Waals surface area contributed by atoms with Crippen LogP contribution in [0.2, 0.25) is 0 Å². The number of hydrogen-bond acceptors (Lipinski definition) is 1. The molecule has 74 valence electrons. The SMILES string of the molecule is CCCN1C(=O)Cc2cc(F)ccc21. The molecule has 1 aliphatic rings. The van der Waals surface area contributed by atoms with Gasteiger partial charge in [-0.15, -0.1) is 0 Å². The summed E-state index contributed by atoms with van der Waals surface area (Å²) < 4.78 is 12.9. The summed E-state index contributed by atoms with van der Waals surface area (Å²) in [5, 5.41) is 0. The molecule has 14 heavy (non-hydrogen) atoms. The molecule has 0 bridgehead atoms. The van der Waals surface area contributed by atoms with Gasteiger partial charge in [0.2, 0.25) is 5.91 Å². The summed E-state index contributed by atoms with van der Waals surface area (Å²) in [6.07, 6.45) is 1.26. The molecular weight excluding hydrogens is 181 g/mol. The Balaban J connectivity index is 2.37. The first kappa shape index (κ1) is 9.19. The van der Waals surface area contributed by atoms with Crippen molar-refractivity contribution in [2.45, 2.75) is 19.8 Å². The van der Waals surface area contributed by atoms with E-state index in [0.29, 0.717) is 6.42 Å². The lowest BCUT2D eigenvalue weighted by molar-refractivity contribution is -0.117. The molecule has 0 saturated heterocycles. The van der Waals surface area contributed by atoms with Crippen molar-refractivity contribution in [1.82, 2.24) is 0 Å². The molecule has 1 heterocycles. The molecule has 0 spiro atoms. The Bertz CT molecular complexity index is 376. The number of benzene rings is 1. The minimum absolute atomic E-state index is 0.0763. The van der Waals surface area contributed by atoms with Crippen molar-refractivity contribution in [1.29, 1.82) is 0 Å². The van der Waals surface area contributed by atoms with Crippen LogP contribution in [0.15, 0.2) is 18.2 Å². The van der Waals surface area contributed by atoms with E-state index in [2.05, 4.69) is 0 Å². The first-order chi connectivity index (χ1) is 6.72. The second-order valence-electron chi connectivity index (χ2n) is 3.50. The van der Waals surface area contributed by atoms with Crippen LogP contribution in [0.5, 0.6) is 0 Å². The highest BCUT2D eigenvalue weighted by atomic mass is 19.1. The van der Waals surface area contributed by atoms with Crippen molar-refractivity contribution >= 4 is 11.6 Å². The normalized spacial score (nSPS) is 14.7. The van der Waals surface area contributed by atoms with Crippen molar-refractivity contribution in [2.75, 3.05) is 11.4 Å². The van der Waals surface area contributed by atoms with Gasteiger partial charge >= 0.3 is 0 Å². The molecule has 0 unspecified atom stereocenters. The molecule has 1 aromatic carbocycles. The predicted octanol–water partition coefficient (Wildman–Crippen LogP) is 2.12. The van der Waals surface area contributed by atoms with Crippen molar-refractivity contribution in [3.63, 3.8) is 0 Å². The Morgan fingerprint density at radius 1 is 1.50 bits per heavy atom. The second-order valence-corrected chi connectivity index (χ2v) is 3.50. The molecule has 0 aliphatic carbocycles. The maximum Gasteiger partial charge on any atom is 0.231 e. The number of carbonyl (C=O) groups excluding carboxylic acids is 1. The zero-order valence-corrected chi connectivity index (χ0v) is 8.09. The summed E-state index contributed by atoms with van der Waals surface area (Å²) in [5.74, 6) is -0.192. The molecule has 2 rings (SSSR count). The van der Waals surface area contributed by atoms with Gasteiger partial charge in [-0.1, -0.05) is 6.92 Å². The van der Waals surface area contributed by atoms with Crippen LogP contribution in [-0.4, -0.2) is 12.5 Å². The topological polar surface area (TPSA) is 20.3 Å². The summed E-state index contributed by atoms with van der Waals surface area (Å²) in [4.78, 5) is 13.3. The standard InChI is InChI=1S/C11H12FNO/c1-2-5-13-10-4-3-9(12)6-8(10)7-11(13)14/h3-4,6H,2,5,7H2,1H3. The minimum atomic E-state index is -0.269. The second kappa shape index (κ2) is 3.40. The fourth-order valence-electron chi connectivity index (χ4n) is 1.82. The van der Waals surface area contributed by atoms with Crippen LogP contribution in [0.25, 0.3) is 0 Å². The molecular formula is C11H12FNO. The van der Waals surface area contributed by atoms with Crippen LogP contribution in [0.3, 0.4) is 0 Å². The van der Waals surface area contributed by atoms with Gasteiger partial charge in [0, 0.05) is 12.2 Å². The largest absolute Gasteiger partial charge is 0.312 e. The van der Waals surface area contributed by atoms with Crippen LogP contribution in [0.4, 0.5) is 10.1 Å². The van der Waals surface area contributed by atoms with E-state index in [9.17, 15) is 9.18 Å². The third kappa shape index (κ3) is 1.39. The molecule has 0 saturated carbocycles. The zero-order chi connectivity index (χ0) is 10.1. The van der Waals surface area contributed by atoms with Crippen molar-refractivity contribution < 1.29 is 9.18 Å². The smallest absolute Gasteiger partial charge is 0.231 e. The number of hydrogen-bond donors (Lipinski definition) is 0. The Kier molecular flexibility index (Phi) is 2.23. The Labute approximate surface area is 82.3 Å². The molecule has 2 nitrogen and oxygen atoms in total. The van der Waals surface area contributed by atoms with Gasteiger partial charge in [0.05, 0.1) is 6.42 Å². The predicted molar refractivity (Wildman–Crippen MR) is 52.7 cm³/mol. The summed E-state index contributed by atoms with van der Waals surface area (Å²) in [7, 11) is 0. The molecule has 1 aliphatic heterocycles. The zero-order valence-electron chi connectivity index (χ0n) is 8.09. The van der Waals surface area contributed by atoms with Crippen LogP contribution in [0.1, 0.15) is 18.9 Å². The first-order valence-electron chi connectivity index (χ1n) is 4.81. The van der Waals surface area contributed by atoms with E-state index in [1.807, 2.05) is 6.92 Å². The maximum atomic E-state index is 12.9. The van der Waals surface area contributed by atoms with Gasteiger partial charge in [-0.25, -0.2) is 4.39 Å². The highest BCUT2D eigenvalue weighted by Crippen LogP contribution is 2.29. The summed E-state index contributed by atoms with van der Waals surface area (Å²) in [5.41, 5.74) is 1.68. The summed E-state index contributed by atoms with van der Waals surface area (Å²) in [6, 6.07) is 4.54. The molecule has 0 atom stereocenters. The number of carbonyl (C=O) groups is 1. The highest BCUT2D eigenvalue weighted by Gasteiger charge is 2.26. The first-order valence-corrected chi connectivity index (χ1v) is 4.81. The van der Waals surface area contributed by atoms with Gasteiger partial charge < -0.3 is 4.90 Å². The third-order valence-electron chi connectivity index (χ3n) is 2.42. The molecule has 0 radical (unpaired) electrons. The Morgan fingerprint density at radius 2 is 2.29 bits per heavy atom. The fourth-order valence-corrected chi connectivity index (χ4v) is 1.82. The van der Waals surface area contributed by atoms with Crippen LogP contribution in [-0.2, 0) is 11.2 Å². The van der Waals surface area contributed by atoms with Gasteiger partial charge in [0.25, 0.3) is 0 Å². The van der Waals surface area contributed by atoms with Gasteiger partial charge in [-0.05, 0) is 30.2 Å². The van der Waals surface area contributed by atoms with Crippen molar-refractivity contribution in [3.05, 3.63) is 29.6 Å². The maximum absolute atomic E-state index is 12.9. The van der Waals surface area contributed by atoms with Crippen molar-refractivity contribution in [3.8, 4) is 0 Å². The monoisotopic (exact) mass is 193 g/mol. The number of rotatable bonds is 2. The van der Waals surface area contributed by atoms with Gasteiger partial charge in [-0.2, -0.15) is 0 Å². The number of fused-ring (bicyclic) bond motifs is 1. The van der Waals surface area contributed by atoms with E-state index >= 15 is 0 Å². The minimum Gasteiger partial charge on any atom is -0.312 e. The van der Waals surface area contributed by atoms with E-state index in [-0.39, 0.29) is 11.7 Å². The lowest BCUT2D eigenvalue weighted by atomic mass is 10.1. The Morgan fingerprint density at radius 3 is 3.00 bits per heavy atom. The average Bonchev–Trinajstić information content (AvgIpc) is 2.43. The lowest BCUT2D eigenvalue weighted by Crippen LogP contribution is -2.27. The third-order valence-corrected chi connectivity index (χ3v) is 2.42. The summed E-state index contributed by atoms with van der Waals surface area (Å²) in [6.45, 7) is 2.74. The number of anilines is 1. The molecule has 0 aromatic heterocycles. The van der Waals surface area contributed by atoms with Crippen LogP contribution >= 0.6 is 0 Å². The average molecular weight is 193 g/mol. The number of halogens is 1. The van der Waals surface area contributed by atoms with Gasteiger partial charge in [0.15, 0.2) is 0 Å². The molecule has 3 heteroatoms. The van der Waals surface area contributed by atoms with E-state index in [4.69, 9.17) is 0 Å². The molecule has 0 N–H and O–H groups in total. The van der Waals surface area contributed by atoms with E-state index in [0.717, 1.165) is 24.2 Å². The van der Waals surface area contributed by atoms with Crippen LogP contribution in [0, 0.1) is 5.82 Å². The van der Waals surface area contributed by atoms with Gasteiger partial charge in [0.1, 0.15) is 5.82 Å². The molecule has 1 amide bonds. The summed E-state index contributed by atoms with van der Waals surface area (Å²) >= 11 is 0. The molecule has 0 fully saturated rings. The number of nitrogens with zero attached hydrogens (tertiary/aromatic N) is 1. The number of amides is 1. The van der Waals surface area contributed by atoms with E-state index in [1.165, 1.54) is 12.1 Å². The van der Waals surface area contributed by atoms with E-state index < -0.39 is 0 Å². The lowest BCUT2D eigenvalue weighted by Gasteiger charge is -2.15. The highest BCUT2D eigenvalue weighted by molar-refractivity contribution is 6.01. The van der Waals surface area contributed by atoms with Gasteiger partial charge in [-0.3, -0.25) is 4.79 Å². The molecule has 1 aromatic rings. The quantitative estimate of drug-likeness (QED) is 0.704. The fraction of sp³-hybridized carbons (Fsp3) is 0.364. The Hall–Kier alpha value is -1.38. The van der Waals surface area contributed by atoms with E-state index in [1.54, 1.807) is 11.0 Å².